The zero-order valence-corrected chi connectivity index (χ0v) is 7.25. The third-order valence-corrected chi connectivity index (χ3v) is 2.44. The van der Waals surface area contributed by atoms with E-state index in [-0.39, 0.29) is 0 Å². The molecule has 0 aromatic rings. The fourth-order valence-corrected chi connectivity index (χ4v) is 1.58. The Hall–Kier alpha value is -0.0800. The van der Waals surface area contributed by atoms with Gasteiger partial charge < -0.3 is 9.84 Å². The van der Waals surface area contributed by atoms with E-state index >= 15 is 0 Å². The molecule has 0 bridgehead atoms. The van der Waals surface area contributed by atoms with E-state index < -0.39 is 0 Å². The van der Waals surface area contributed by atoms with E-state index in [1.165, 1.54) is 6.42 Å². The van der Waals surface area contributed by atoms with Crippen LogP contribution in [0.2, 0.25) is 0 Å². The van der Waals surface area contributed by atoms with Gasteiger partial charge in [0.15, 0.2) is 0 Å². The monoisotopic (exact) mass is 158 g/mol. The van der Waals surface area contributed by atoms with E-state index in [0.717, 1.165) is 31.8 Å². The second kappa shape index (κ2) is 4.73. The fourth-order valence-electron chi connectivity index (χ4n) is 1.58. The molecule has 1 saturated heterocycles. The average molecular weight is 158 g/mol. The van der Waals surface area contributed by atoms with E-state index in [1.54, 1.807) is 0 Å². The minimum Gasteiger partial charge on any atom is -0.396 e. The number of aliphatic hydroxyl groups excluding tert-OH is 1. The molecule has 0 aromatic heterocycles. The number of hydrogen-bond acceptors (Lipinski definition) is 2. The SMILES string of the molecule is C[C@H]1CCO[C@H]1CCCCO. The van der Waals surface area contributed by atoms with Gasteiger partial charge in [-0.1, -0.05) is 6.92 Å². The van der Waals surface area contributed by atoms with Gasteiger partial charge in [0.05, 0.1) is 6.10 Å². The van der Waals surface area contributed by atoms with Crippen molar-refractivity contribution in [2.75, 3.05) is 13.2 Å². The van der Waals surface area contributed by atoms with Crippen molar-refractivity contribution >= 4 is 0 Å². The molecule has 1 aliphatic rings. The summed E-state index contributed by atoms with van der Waals surface area (Å²) in [6.07, 6.45) is 4.84. The lowest BCUT2D eigenvalue weighted by Crippen LogP contribution is -2.12. The van der Waals surface area contributed by atoms with Gasteiger partial charge in [0.1, 0.15) is 0 Å². The fraction of sp³-hybridized carbons (Fsp3) is 1.00. The van der Waals surface area contributed by atoms with Crippen LogP contribution in [0.3, 0.4) is 0 Å². The van der Waals surface area contributed by atoms with Gasteiger partial charge in [0.25, 0.3) is 0 Å². The average Bonchev–Trinajstić information content (AvgIpc) is 2.37. The molecule has 0 amide bonds. The summed E-state index contributed by atoms with van der Waals surface area (Å²) in [6, 6.07) is 0. The van der Waals surface area contributed by atoms with Crippen LogP contribution in [0, 0.1) is 5.92 Å². The smallest absolute Gasteiger partial charge is 0.0601 e. The molecule has 0 saturated carbocycles. The van der Waals surface area contributed by atoms with Crippen molar-refractivity contribution in [2.24, 2.45) is 5.92 Å². The Kier molecular flexibility index (Phi) is 3.87. The summed E-state index contributed by atoms with van der Waals surface area (Å²) < 4.78 is 5.53. The summed E-state index contributed by atoms with van der Waals surface area (Å²) in [5.41, 5.74) is 0. The highest BCUT2D eigenvalue weighted by molar-refractivity contribution is 4.72. The molecule has 66 valence electrons. The van der Waals surface area contributed by atoms with Gasteiger partial charge in [-0.3, -0.25) is 0 Å². The molecule has 2 atom stereocenters. The number of unbranched alkanes of at least 4 members (excludes halogenated alkanes) is 1. The highest BCUT2D eigenvalue weighted by atomic mass is 16.5. The van der Waals surface area contributed by atoms with Crippen LogP contribution >= 0.6 is 0 Å². The van der Waals surface area contributed by atoms with E-state index in [0.29, 0.717) is 12.7 Å². The topological polar surface area (TPSA) is 29.5 Å². The number of rotatable bonds is 4. The number of aliphatic hydroxyl groups is 1. The quantitative estimate of drug-likeness (QED) is 0.629. The molecule has 0 spiro atoms. The Morgan fingerprint density at radius 3 is 2.82 bits per heavy atom. The van der Waals surface area contributed by atoms with Crippen LogP contribution in [0.15, 0.2) is 0 Å². The summed E-state index contributed by atoms with van der Waals surface area (Å²) in [4.78, 5) is 0. The van der Waals surface area contributed by atoms with Crippen LogP contribution in [0.25, 0.3) is 0 Å². The third kappa shape index (κ3) is 2.80. The second-order valence-corrected chi connectivity index (χ2v) is 3.39. The first-order valence-electron chi connectivity index (χ1n) is 4.57. The molecule has 1 heterocycles. The van der Waals surface area contributed by atoms with Crippen molar-refractivity contribution in [3.05, 3.63) is 0 Å². The van der Waals surface area contributed by atoms with Gasteiger partial charge in [0, 0.05) is 13.2 Å². The van der Waals surface area contributed by atoms with Crippen molar-refractivity contribution in [1.29, 1.82) is 0 Å². The van der Waals surface area contributed by atoms with E-state index in [4.69, 9.17) is 9.84 Å². The Bertz CT molecular complexity index is 104. The normalized spacial score (nSPS) is 31.1. The first-order chi connectivity index (χ1) is 5.34. The van der Waals surface area contributed by atoms with Crippen molar-refractivity contribution < 1.29 is 9.84 Å². The van der Waals surface area contributed by atoms with Gasteiger partial charge >= 0.3 is 0 Å². The van der Waals surface area contributed by atoms with Crippen LogP contribution in [0.1, 0.15) is 32.6 Å². The van der Waals surface area contributed by atoms with Gasteiger partial charge in [-0.2, -0.15) is 0 Å². The van der Waals surface area contributed by atoms with Crippen LogP contribution in [0.4, 0.5) is 0 Å². The predicted octanol–water partition coefficient (Wildman–Crippen LogP) is 1.57. The van der Waals surface area contributed by atoms with Crippen molar-refractivity contribution in [1.82, 2.24) is 0 Å². The lowest BCUT2D eigenvalue weighted by molar-refractivity contribution is 0.0835. The summed E-state index contributed by atoms with van der Waals surface area (Å²) in [7, 11) is 0. The molecule has 1 fully saturated rings. The summed E-state index contributed by atoms with van der Waals surface area (Å²) in [5, 5.41) is 8.57. The molecular formula is C9H18O2. The minimum absolute atomic E-state index is 0.321. The van der Waals surface area contributed by atoms with E-state index in [1.807, 2.05) is 0 Å². The van der Waals surface area contributed by atoms with Crippen LogP contribution in [-0.2, 0) is 4.74 Å². The highest BCUT2D eigenvalue weighted by Gasteiger charge is 2.22. The summed E-state index contributed by atoms with van der Waals surface area (Å²) in [6.45, 7) is 3.50. The van der Waals surface area contributed by atoms with Gasteiger partial charge in [-0.15, -0.1) is 0 Å². The number of ether oxygens (including phenoxy) is 1. The largest absolute Gasteiger partial charge is 0.396 e. The molecule has 2 nitrogen and oxygen atoms in total. The Balaban J connectivity index is 2.05. The highest BCUT2D eigenvalue weighted by Crippen LogP contribution is 2.23. The molecular weight excluding hydrogens is 140 g/mol. The molecule has 2 heteroatoms. The van der Waals surface area contributed by atoms with E-state index in [9.17, 15) is 0 Å². The molecule has 0 aliphatic carbocycles. The maximum absolute atomic E-state index is 8.57. The van der Waals surface area contributed by atoms with Gasteiger partial charge in [-0.05, 0) is 31.6 Å². The van der Waals surface area contributed by atoms with Crippen molar-refractivity contribution in [3.63, 3.8) is 0 Å². The Morgan fingerprint density at radius 2 is 2.27 bits per heavy atom. The van der Waals surface area contributed by atoms with Crippen LogP contribution < -0.4 is 0 Å². The number of hydrogen-bond donors (Lipinski definition) is 1. The third-order valence-electron chi connectivity index (χ3n) is 2.44. The first kappa shape index (κ1) is 9.01. The maximum atomic E-state index is 8.57. The van der Waals surface area contributed by atoms with Gasteiger partial charge in [0.2, 0.25) is 0 Å². The lowest BCUT2D eigenvalue weighted by Gasteiger charge is -2.13. The molecule has 1 N–H and O–H groups in total. The van der Waals surface area contributed by atoms with Gasteiger partial charge in [-0.25, -0.2) is 0 Å². The molecule has 0 aromatic carbocycles. The minimum atomic E-state index is 0.321. The van der Waals surface area contributed by atoms with Crippen molar-refractivity contribution in [2.45, 2.75) is 38.7 Å². The van der Waals surface area contributed by atoms with Crippen LogP contribution in [-0.4, -0.2) is 24.4 Å². The van der Waals surface area contributed by atoms with Crippen molar-refractivity contribution in [3.8, 4) is 0 Å². The molecule has 0 radical (unpaired) electrons. The zero-order valence-electron chi connectivity index (χ0n) is 7.25. The molecule has 1 rings (SSSR count). The standard InChI is InChI=1S/C9H18O2/c1-8-5-7-11-9(8)4-2-3-6-10/h8-10H,2-7H2,1H3/t8-,9-/m0/s1. The maximum Gasteiger partial charge on any atom is 0.0601 e. The lowest BCUT2D eigenvalue weighted by atomic mass is 9.99. The second-order valence-electron chi connectivity index (χ2n) is 3.39. The Morgan fingerprint density at radius 1 is 1.45 bits per heavy atom. The summed E-state index contributed by atoms with van der Waals surface area (Å²) in [5.74, 6) is 0.730. The predicted molar refractivity (Wildman–Crippen MR) is 44.5 cm³/mol. The Labute approximate surface area is 68.6 Å². The summed E-state index contributed by atoms with van der Waals surface area (Å²) >= 11 is 0. The molecule has 0 unspecified atom stereocenters. The molecule has 11 heavy (non-hydrogen) atoms. The van der Waals surface area contributed by atoms with Crippen LogP contribution in [0.5, 0.6) is 0 Å². The van der Waals surface area contributed by atoms with E-state index in [2.05, 4.69) is 6.92 Å². The molecule has 1 aliphatic heterocycles. The zero-order chi connectivity index (χ0) is 8.10. The first-order valence-corrected chi connectivity index (χ1v) is 4.57.